The first-order chi connectivity index (χ1) is 11.9. The predicted octanol–water partition coefficient (Wildman–Crippen LogP) is 3.30. The Hall–Kier alpha value is -2.60. The van der Waals surface area contributed by atoms with Crippen molar-refractivity contribution in [3.63, 3.8) is 0 Å². The molecule has 0 radical (unpaired) electrons. The summed E-state index contributed by atoms with van der Waals surface area (Å²) in [7, 11) is 4.91. The summed E-state index contributed by atoms with van der Waals surface area (Å²) < 4.78 is 23.7. The number of methoxy groups -OCH3 is 2. The number of carbonyl (C=O) groups excluding carboxylic acids is 1. The van der Waals surface area contributed by atoms with Crippen LogP contribution in [0.1, 0.15) is 12.5 Å². The highest BCUT2D eigenvalue weighted by atomic mass is 19.1. The van der Waals surface area contributed by atoms with E-state index in [1.54, 1.807) is 38.3 Å². The molecule has 0 fully saturated rings. The van der Waals surface area contributed by atoms with Crippen LogP contribution in [-0.2, 0) is 11.3 Å². The van der Waals surface area contributed by atoms with E-state index in [2.05, 4.69) is 5.32 Å². The number of amides is 1. The highest BCUT2D eigenvalue weighted by Gasteiger charge is 2.20. The first-order valence-corrected chi connectivity index (χ1v) is 7.92. The highest BCUT2D eigenvalue weighted by molar-refractivity contribution is 5.96. The molecule has 5 nitrogen and oxygen atoms in total. The van der Waals surface area contributed by atoms with E-state index < -0.39 is 6.04 Å². The van der Waals surface area contributed by atoms with E-state index in [-0.39, 0.29) is 11.7 Å². The van der Waals surface area contributed by atoms with Gasteiger partial charge in [0.15, 0.2) is 0 Å². The van der Waals surface area contributed by atoms with Crippen molar-refractivity contribution in [1.29, 1.82) is 0 Å². The van der Waals surface area contributed by atoms with Crippen LogP contribution in [0.4, 0.5) is 10.1 Å². The number of rotatable bonds is 7. The largest absolute Gasteiger partial charge is 0.497 e. The maximum Gasteiger partial charge on any atom is 0.241 e. The number of halogens is 1. The maximum atomic E-state index is 13.3. The quantitative estimate of drug-likeness (QED) is 0.836. The summed E-state index contributed by atoms with van der Waals surface area (Å²) in [5, 5.41) is 2.85. The molecule has 0 aromatic heterocycles. The summed E-state index contributed by atoms with van der Waals surface area (Å²) in [4.78, 5) is 14.4. The SMILES string of the molecule is COc1ccc(OC)c(NC(=O)C(C)N(C)Cc2cccc(F)c2)c1. The van der Waals surface area contributed by atoms with Crippen molar-refractivity contribution in [3.8, 4) is 11.5 Å². The van der Waals surface area contributed by atoms with Gasteiger partial charge in [-0.25, -0.2) is 4.39 Å². The predicted molar refractivity (Wildman–Crippen MR) is 95.5 cm³/mol. The molecule has 25 heavy (non-hydrogen) atoms. The van der Waals surface area contributed by atoms with Crippen molar-refractivity contribution in [3.05, 3.63) is 53.8 Å². The number of ether oxygens (including phenoxy) is 2. The standard InChI is InChI=1S/C19H23FN2O3/c1-13(22(2)12-14-6-5-7-15(20)10-14)19(23)21-17-11-16(24-3)8-9-18(17)25-4/h5-11,13H,12H2,1-4H3,(H,21,23). The molecule has 1 atom stereocenters. The third-order valence-corrected chi connectivity index (χ3v) is 4.03. The van der Waals surface area contributed by atoms with Gasteiger partial charge in [0.2, 0.25) is 5.91 Å². The van der Waals surface area contributed by atoms with Crippen LogP contribution >= 0.6 is 0 Å². The lowest BCUT2D eigenvalue weighted by atomic mass is 10.1. The van der Waals surface area contributed by atoms with Gasteiger partial charge in [0, 0.05) is 12.6 Å². The van der Waals surface area contributed by atoms with Crippen molar-refractivity contribution in [2.24, 2.45) is 0 Å². The smallest absolute Gasteiger partial charge is 0.241 e. The highest BCUT2D eigenvalue weighted by Crippen LogP contribution is 2.29. The molecule has 2 aromatic rings. The zero-order chi connectivity index (χ0) is 18.4. The van der Waals surface area contributed by atoms with Gasteiger partial charge >= 0.3 is 0 Å². The van der Waals surface area contributed by atoms with Crippen LogP contribution in [-0.4, -0.2) is 38.1 Å². The van der Waals surface area contributed by atoms with Crippen LogP contribution in [0.15, 0.2) is 42.5 Å². The fourth-order valence-corrected chi connectivity index (χ4v) is 2.41. The maximum absolute atomic E-state index is 13.3. The van der Waals surface area contributed by atoms with Crippen molar-refractivity contribution in [1.82, 2.24) is 4.90 Å². The molecule has 0 heterocycles. The van der Waals surface area contributed by atoms with Crippen molar-refractivity contribution in [2.75, 3.05) is 26.6 Å². The average Bonchev–Trinajstić information content (AvgIpc) is 2.60. The number of hydrogen-bond acceptors (Lipinski definition) is 4. The number of nitrogens with zero attached hydrogens (tertiary/aromatic N) is 1. The van der Waals surface area contributed by atoms with E-state index in [9.17, 15) is 9.18 Å². The second kappa shape index (κ2) is 8.48. The van der Waals surface area contributed by atoms with Crippen LogP contribution in [0.5, 0.6) is 11.5 Å². The van der Waals surface area contributed by atoms with Gasteiger partial charge in [-0.15, -0.1) is 0 Å². The molecule has 2 aromatic carbocycles. The summed E-state index contributed by atoms with van der Waals surface area (Å²) in [5.41, 5.74) is 1.35. The third kappa shape index (κ3) is 4.93. The Morgan fingerprint density at radius 3 is 2.60 bits per heavy atom. The minimum absolute atomic E-state index is 0.189. The lowest BCUT2D eigenvalue weighted by Gasteiger charge is -2.24. The lowest BCUT2D eigenvalue weighted by molar-refractivity contribution is -0.120. The topological polar surface area (TPSA) is 50.8 Å². The van der Waals surface area contributed by atoms with E-state index >= 15 is 0 Å². The molecule has 0 aliphatic rings. The summed E-state index contributed by atoms with van der Waals surface area (Å²) >= 11 is 0. The fourth-order valence-electron chi connectivity index (χ4n) is 2.41. The summed E-state index contributed by atoms with van der Waals surface area (Å²) in [6, 6.07) is 11.1. The van der Waals surface area contributed by atoms with E-state index in [4.69, 9.17) is 9.47 Å². The molecule has 0 saturated carbocycles. The molecular formula is C19H23FN2O3. The Morgan fingerprint density at radius 1 is 1.20 bits per heavy atom. The summed E-state index contributed by atoms with van der Waals surface area (Å²) in [5.74, 6) is 0.695. The number of likely N-dealkylation sites (N-methyl/N-ethyl adjacent to an activating group) is 1. The molecule has 0 saturated heterocycles. The number of nitrogens with one attached hydrogen (secondary N) is 1. The Bertz CT molecular complexity index is 736. The first kappa shape index (κ1) is 18.7. The molecule has 1 N–H and O–H groups in total. The monoisotopic (exact) mass is 346 g/mol. The zero-order valence-electron chi connectivity index (χ0n) is 14.9. The van der Waals surface area contributed by atoms with Crippen LogP contribution < -0.4 is 14.8 Å². The normalized spacial score (nSPS) is 11.9. The van der Waals surface area contributed by atoms with Gasteiger partial charge in [0.05, 0.1) is 25.9 Å². The second-order valence-corrected chi connectivity index (χ2v) is 5.78. The van der Waals surface area contributed by atoms with Crippen LogP contribution in [0.3, 0.4) is 0 Å². The van der Waals surface area contributed by atoms with Crippen molar-refractivity contribution >= 4 is 11.6 Å². The number of carbonyl (C=O) groups is 1. The molecule has 0 bridgehead atoms. The first-order valence-electron chi connectivity index (χ1n) is 7.92. The Labute approximate surface area is 147 Å². The molecular weight excluding hydrogens is 323 g/mol. The van der Waals surface area contributed by atoms with Gasteiger partial charge in [-0.1, -0.05) is 12.1 Å². The second-order valence-electron chi connectivity index (χ2n) is 5.78. The number of anilines is 1. The van der Waals surface area contributed by atoms with Crippen LogP contribution in [0.2, 0.25) is 0 Å². The van der Waals surface area contributed by atoms with E-state index in [0.717, 1.165) is 5.56 Å². The van der Waals surface area contributed by atoms with Gasteiger partial charge < -0.3 is 14.8 Å². The van der Waals surface area contributed by atoms with Gasteiger partial charge in [0.1, 0.15) is 17.3 Å². The van der Waals surface area contributed by atoms with E-state index in [1.165, 1.54) is 19.2 Å². The lowest BCUT2D eigenvalue weighted by Crippen LogP contribution is -2.39. The molecule has 2 rings (SSSR count). The van der Waals surface area contributed by atoms with Crippen molar-refractivity contribution < 1.29 is 18.7 Å². The minimum Gasteiger partial charge on any atom is -0.497 e. The fraction of sp³-hybridized carbons (Fsp3) is 0.316. The van der Waals surface area contributed by atoms with E-state index in [0.29, 0.717) is 23.7 Å². The van der Waals surface area contributed by atoms with Crippen LogP contribution in [0, 0.1) is 5.82 Å². The molecule has 134 valence electrons. The number of hydrogen-bond donors (Lipinski definition) is 1. The van der Waals surface area contributed by atoms with E-state index in [1.807, 2.05) is 18.0 Å². The Balaban J connectivity index is 2.06. The van der Waals surface area contributed by atoms with Crippen LogP contribution in [0.25, 0.3) is 0 Å². The van der Waals surface area contributed by atoms with Gasteiger partial charge in [-0.2, -0.15) is 0 Å². The summed E-state index contributed by atoms with van der Waals surface area (Å²) in [6.45, 7) is 2.25. The van der Waals surface area contributed by atoms with Gasteiger partial charge in [-0.3, -0.25) is 9.69 Å². The Morgan fingerprint density at radius 2 is 1.96 bits per heavy atom. The van der Waals surface area contributed by atoms with Gasteiger partial charge in [-0.05, 0) is 43.8 Å². The molecule has 1 unspecified atom stereocenters. The average molecular weight is 346 g/mol. The number of benzene rings is 2. The molecule has 6 heteroatoms. The molecule has 0 aliphatic carbocycles. The summed E-state index contributed by atoms with van der Waals surface area (Å²) in [6.07, 6.45) is 0. The Kier molecular flexibility index (Phi) is 6.36. The zero-order valence-corrected chi connectivity index (χ0v) is 14.9. The molecule has 1 amide bonds. The molecule has 0 aliphatic heterocycles. The van der Waals surface area contributed by atoms with Crippen molar-refractivity contribution in [2.45, 2.75) is 19.5 Å². The third-order valence-electron chi connectivity index (χ3n) is 4.03. The minimum atomic E-state index is -0.417. The molecule has 0 spiro atoms. The van der Waals surface area contributed by atoms with Gasteiger partial charge in [0.25, 0.3) is 0 Å².